The molecule has 3 nitrogen and oxygen atoms in total. The second-order valence-electron chi connectivity index (χ2n) is 5.01. The fraction of sp³-hybridized carbons (Fsp3) is 0.333. The van der Waals surface area contributed by atoms with Crippen LogP contribution in [0.1, 0.15) is 30.6 Å². The van der Waals surface area contributed by atoms with Crippen LogP contribution in [0, 0.1) is 6.92 Å². The van der Waals surface area contributed by atoms with Crippen molar-refractivity contribution in [1.29, 1.82) is 0 Å². The first-order valence-corrected chi connectivity index (χ1v) is 7.30. The monoisotopic (exact) mass is 286 g/mol. The third-order valence-electron chi connectivity index (χ3n) is 3.23. The zero-order chi connectivity index (χ0) is 15.1. The molecule has 1 N–H and O–H groups in total. The van der Waals surface area contributed by atoms with Gasteiger partial charge in [-0.15, -0.1) is 0 Å². The molecule has 0 aliphatic carbocycles. The Bertz CT molecular complexity index is 549. The van der Waals surface area contributed by atoms with Gasteiger partial charge in [-0.2, -0.15) is 0 Å². The highest BCUT2D eigenvalue weighted by Crippen LogP contribution is 2.21. The zero-order valence-electron chi connectivity index (χ0n) is 12.6. The lowest BCUT2D eigenvalue weighted by atomic mass is 10.1. The highest BCUT2D eigenvalue weighted by atomic mass is 16.5. The first-order chi connectivity index (χ1) is 10.2. The molecule has 0 spiro atoms. The van der Waals surface area contributed by atoms with Crippen LogP contribution in [0.3, 0.4) is 0 Å². The van der Waals surface area contributed by atoms with Crippen LogP contribution in [0.4, 0.5) is 0 Å². The van der Waals surface area contributed by atoms with E-state index in [9.17, 15) is 5.11 Å². The Balaban J connectivity index is 1.91. The number of benzene rings is 2. The van der Waals surface area contributed by atoms with Gasteiger partial charge in [0.05, 0.1) is 6.61 Å². The molecule has 0 radical (unpaired) electrons. The van der Waals surface area contributed by atoms with Gasteiger partial charge in [-0.25, -0.2) is 0 Å². The van der Waals surface area contributed by atoms with E-state index in [0.717, 1.165) is 29.0 Å². The second-order valence-corrected chi connectivity index (χ2v) is 5.01. The van der Waals surface area contributed by atoms with E-state index >= 15 is 0 Å². The Morgan fingerprint density at radius 1 is 1.00 bits per heavy atom. The van der Waals surface area contributed by atoms with Crippen LogP contribution in [-0.2, 0) is 0 Å². The van der Waals surface area contributed by atoms with Crippen LogP contribution in [0.5, 0.6) is 11.5 Å². The zero-order valence-corrected chi connectivity index (χ0v) is 12.6. The van der Waals surface area contributed by atoms with E-state index in [1.807, 2.05) is 55.5 Å². The van der Waals surface area contributed by atoms with Gasteiger partial charge < -0.3 is 14.6 Å². The Kier molecular flexibility index (Phi) is 5.64. The molecule has 0 bridgehead atoms. The molecule has 2 aromatic rings. The SMILES string of the molecule is CCCOc1ccc(C(O)COc2ccccc2C)cc1. The van der Waals surface area contributed by atoms with Crippen molar-refractivity contribution in [2.75, 3.05) is 13.2 Å². The lowest BCUT2D eigenvalue weighted by Gasteiger charge is -2.14. The van der Waals surface area contributed by atoms with Gasteiger partial charge in [0.25, 0.3) is 0 Å². The first-order valence-electron chi connectivity index (χ1n) is 7.30. The molecule has 0 heterocycles. The summed E-state index contributed by atoms with van der Waals surface area (Å²) >= 11 is 0. The van der Waals surface area contributed by atoms with Crippen molar-refractivity contribution < 1.29 is 14.6 Å². The van der Waals surface area contributed by atoms with Crippen molar-refractivity contribution in [3.63, 3.8) is 0 Å². The van der Waals surface area contributed by atoms with E-state index in [1.54, 1.807) is 0 Å². The molecule has 112 valence electrons. The van der Waals surface area contributed by atoms with E-state index in [4.69, 9.17) is 9.47 Å². The van der Waals surface area contributed by atoms with Gasteiger partial charge in [-0.3, -0.25) is 0 Å². The molecule has 0 saturated heterocycles. The Labute approximate surface area is 126 Å². The van der Waals surface area contributed by atoms with Crippen molar-refractivity contribution >= 4 is 0 Å². The third kappa shape index (κ3) is 4.50. The summed E-state index contributed by atoms with van der Waals surface area (Å²) in [6.45, 7) is 5.00. The summed E-state index contributed by atoms with van der Waals surface area (Å²) in [6.07, 6.45) is 0.332. The minimum atomic E-state index is -0.648. The maximum absolute atomic E-state index is 10.2. The number of aliphatic hydroxyl groups is 1. The largest absolute Gasteiger partial charge is 0.494 e. The molecule has 1 atom stereocenters. The highest BCUT2D eigenvalue weighted by molar-refractivity contribution is 5.32. The number of hydrogen-bond donors (Lipinski definition) is 1. The van der Waals surface area contributed by atoms with E-state index in [0.29, 0.717) is 6.61 Å². The average molecular weight is 286 g/mol. The van der Waals surface area contributed by atoms with Crippen molar-refractivity contribution in [2.24, 2.45) is 0 Å². The van der Waals surface area contributed by atoms with E-state index in [2.05, 4.69) is 6.92 Å². The summed E-state index contributed by atoms with van der Waals surface area (Å²) in [5.41, 5.74) is 1.89. The van der Waals surface area contributed by atoms with Gasteiger partial charge in [-0.1, -0.05) is 37.3 Å². The predicted molar refractivity (Wildman–Crippen MR) is 83.9 cm³/mol. The minimum Gasteiger partial charge on any atom is -0.494 e. The highest BCUT2D eigenvalue weighted by Gasteiger charge is 2.09. The molecular weight excluding hydrogens is 264 g/mol. The number of ether oxygens (including phenoxy) is 2. The maximum Gasteiger partial charge on any atom is 0.122 e. The predicted octanol–water partition coefficient (Wildman–Crippen LogP) is 3.90. The number of hydrogen-bond acceptors (Lipinski definition) is 3. The topological polar surface area (TPSA) is 38.7 Å². The third-order valence-corrected chi connectivity index (χ3v) is 3.23. The minimum absolute atomic E-state index is 0.236. The summed E-state index contributed by atoms with van der Waals surface area (Å²) in [5, 5.41) is 10.2. The summed E-state index contributed by atoms with van der Waals surface area (Å²) in [5.74, 6) is 1.63. The van der Waals surface area contributed by atoms with Crippen LogP contribution in [0.2, 0.25) is 0 Å². The van der Waals surface area contributed by atoms with Crippen LogP contribution < -0.4 is 9.47 Å². The van der Waals surface area contributed by atoms with Crippen LogP contribution in [0.25, 0.3) is 0 Å². The first kappa shape index (κ1) is 15.4. The van der Waals surface area contributed by atoms with E-state index in [-0.39, 0.29) is 6.61 Å². The number of rotatable bonds is 7. The van der Waals surface area contributed by atoms with Gasteiger partial charge >= 0.3 is 0 Å². The normalized spacial score (nSPS) is 12.0. The summed E-state index contributed by atoms with van der Waals surface area (Å²) in [4.78, 5) is 0. The Hall–Kier alpha value is -2.00. The fourth-order valence-electron chi connectivity index (χ4n) is 1.99. The van der Waals surface area contributed by atoms with Crippen LogP contribution >= 0.6 is 0 Å². The molecule has 2 aromatic carbocycles. The van der Waals surface area contributed by atoms with E-state index < -0.39 is 6.10 Å². The molecule has 3 heteroatoms. The molecular formula is C18H22O3. The van der Waals surface area contributed by atoms with E-state index in [1.165, 1.54) is 0 Å². The van der Waals surface area contributed by atoms with Crippen molar-refractivity contribution in [1.82, 2.24) is 0 Å². The summed E-state index contributed by atoms with van der Waals surface area (Å²) in [6, 6.07) is 15.3. The summed E-state index contributed by atoms with van der Waals surface area (Å²) in [7, 11) is 0. The average Bonchev–Trinajstić information content (AvgIpc) is 2.52. The lowest BCUT2D eigenvalue weighted by Crippen LogP contribution is -2.10. The number of aryl methyl sites for hydroxylation is 1. The molecule has 0 saturated carbocycles. The Morgan fingerprint density at radius 3 is 2.38 bits per heavy atom. The van der Waals surface area contributed by atoms with Crippen molar-refractivity contribution in [2.45, 2.75) is 26.4 Å². The van der Waals surface area contributed by atoms with Gasteiger partial charge in [0.15, 0.2) is 0 Å². The Morgan fingerprint density at radius 2 is 1.71 bits per heavy atom. The lowest BCUT2D eigenvalue weighted by molar-refractivity contribution is 0.108. The van der Waals surface area contributed by atoms with Gasteiger partial charge in [0.2, 0.25) is 0 Å². The molecule has 21 heavy (non-hydrogen) atoms. The standard InChI is InChI=1S/C18H22O3/c1-3-12-20-16-10-8-15(9-11-16)17(19)13-21-18-7-5-4-6-14(18)2/h4-11,17,19H,3,12-13H2,1-2H3. The van der Waals surface area contributed by atoms with Gasteiger partial charge in [-0.05, 0) is 42.7 Å². The van der Waals surface area contributed by atoms with Gasteiger partial charge in [0.1, 0.15) is 24.2 Å². The van der Waals surface area contributed by atoms with Gasteiger partial charge in [0, 0.05) is 0 Å². The fourth-order valence-corrected chi connectivity index (χ4v) is 1.99. The molecule has 0 amide bonds. The maximum atomic E-state index is 10.2. The van der Waals surface area contributed by atoms with Crippen LogP contribution in [-0.4, -0.2) is 18.3 Å². The smallest absolute Gasteiger partial charge is 0.122 e. The number of para-hydroxylation sites is 1. The van der Waals surface area contributed by atoms with Crippen molar-refractivity contribution in [3.8, 4) is 11.5 Å². The number of aliphatic hydroxyl groups excluding tert-OH is 1. The second kappa shape index (κ2) is 7.70. The quantitative estimate of drug-likeness (QED) is 0.839. The molecule has 0 aliphatic heterocycles. The molecule has 0 aromatic heterocycles. The van der Waals surface area contributed by atoms with Crippen LogP contribution in [0.15, 0.2) is 48.5 Å². The molecule has 1 unspecified atom stereocenters. The molecule has 0 fully saturated rings. The summed E-state index contributed by atoms with van der Waals surface area (Å²) < 4.78 is 11.2. The van der Waals surface area contributed by atoms with Crippen molar-refractivity contribution in [3.05, 3.63) is 59.7 Å². The molecule has 2 rings (SSSR count). The molecule has 0 aliphatic rings.